The third-order valence-corrected chi connectivity index (χ3v) is 2.16. The SMILES string of the molecule is CC.CC.NC(Cc1cccc(Br)c1)C(=O)O. The maximum absolute atomic E-state index is 10.5. The van der Waals surface area contributed by atoms with E-state index in [0.717, 1.165) is 10.0 Å². The third kappa shape index (κ3) is 8.89. The summed E-state index contributed by atoms with van der Waals surface area (Å²) in [6.07, 6.45) is 0.356. The van der Waals surface area contributed by atoms with Crippen LogP contribution in [0.4, 0.5) is 0 Å². The number of aliphatic carboxylic acids is 1. The molecule has 0 aliphatic rings. The number of benzene rings is 1. The minimum absolute atomic E-state index is 0.356. The van der Waals surface area contributed by atoms with E-state index in [4.69, 9.17) is 10.8 Å². The van der Waals surface area contributed by atoms with Gasteiger partial charge < -0.3 is 10.8 Å². The van der Waals surface area contributed by atoms with Crippen molar-refractivity contribution < 1.29 is 9.90 Å². The molecule has 0 heterocycles. The average Bonchev–Trinajstić information content (AvgIpc) is 2.34. The molecule has 0 fully saturated rings. The van der Waals surface area contributed by atoms with Gasteiger partial charge in [-0.3, -0.25) is 4.79 Å². The van der Waals surface area contributed by atoms with Crippen molar-refractivity contribution in [3.63, 3.8) is 0 Å². The Morgan fingerprint density at radius 2 is 1.88 bits per heavy atom. The minimum Gasteiger partial charge on any atom is -0.480 e. The van der Waals surface area contributed by atoms with Crippen LogP contribution < -0.4 is 5.73 Å². The second-order valence-corrected chi connectivity index (χ2v) is 3.69. The molecule has 17 heavy (non-hydrogen) atoms. The highest BCUT2D eigenvalue weighted by Gasteiger charge is 2.11. The summed E-state index contributed by atoms with van der Waals surface area (Å²) in [5.74, 6) is -0.972. The summed E-state index contributed by atoms with van der Waals surface area (Å²) in [6.45, 7) is 8.00. The van der Waals surface area contributed by atoms with Crippen LogP contribution in [0.25, 0.3) is 0 Å². The second-order valence-electron chi connectivity index (χ2n) is 2.78. The lowest BCUT2D eigenvalue weighted by Gasteiger charge is -2.05. The van der Waals surface area contributed by atoms with Gasteiger partial charge in [0.25, 0.3) is 0 Å². The maximum Gasteiger partial charge on any atom is 0.320 e. The quantitative estimate of drug-likeness (QED) is 0.899. The summed E-state index contributed by atoms with van der Waals surface area (Å²) in [5.41, 5.74) is 6.30. The van der Waals surface area contributed by atoms with Crippen LogP contribution >= 0.6 is 15.9 Å². The minimum atomic E-state index is -0.972. The molecule has 0 amide bonds. The maximum atomic E-state index is 10.5. The van der Waals surface area contributed by atoms with E-state index in [9.17, 15) is 4.79 Å². The molecule has 0 spiro atoms. The topological polar surface area (TPSA) is 63.3 Å². The number of nitrogens with two attached hydrogens (primary N) is 1. The number of carbonyl (C=O) groups is 1. The molecule has 3 N–H and O–H groups in total. The van der Waals surface area contributed by atoms with Crippen molar-refractivity contribution in [1.82, 2.24) is 0 Å². The number of carboxylic acids is 1. The molecule has 1 aromatic carbocycles. The van der Waals surface area contributed by atoms with Gasteiger partial charge in [-0.25, -0.2) is 0 Å². The Balaban J connectivity index is 0. The molecule has 1 atom stereocenters. The first-order chi connectivity index (χ1) is 8.09. The normalized spacial score (nSPS) is 10.2. The van der Waals surface area contributed by atoms with E-state index in [0.29, 0.717) is 6.42 Å². The third-order valence-electron chi connectivity index (χ3n) is 1.66. The summed E-state index contributed by atoms with van der Waals surface area (Å²) in [4.78, 5) is 10.5. The second kappa shape index (κ2) is 11.6. The van der Waals surface area contributed by atoms with E-state index in [1.54, 1.807) is 0 Å². The van der Waals surface area contributed by atoms with Crippen LogP contribution in [-0.4, -0.2) is 17.1 Å². The van der Waals surface area contributed by atoms with Gasteiger partial charge in [0.1, 0.15) is 6.04 Å². The van der Waals surface area contributed by atoms with Gasteiger partial charge in [0.2, 0.25) is 0 Å². The number of carboxylic acid groups (broad SMARTS) is 1. The summed E-state index contributed by atoms with van der Waals surface area (Å²) in [6, 6.07) is 6.63. The van der Waals surface area contributed by atoms with Crippen molar-refractivity contribution in [2.24, 2.45) is 5.73 Å². The summed E-state index contributed by atoms with van der Waals surface area (Å²) in [5, 5.41) is 8.58. The number of rotatable bonds is 3. The lowest BCUT2D eigenvalue weighted by molar-refractivity contribution is -0.138. The fourth-order valence-corrected chi connectivity index (χ4v) is 1.45. The Bertz CT molecular complexity index is 316. The van der Waals surface area contributed by atoms with Crippen LogP contribution in [-0.2, 0) is 11.2 Å². The van der Waals surface area contributed by atoms with Gasteiger partial charge in [-0.2, -0.15) is 0 Å². The predicted molar refractivity (Wildman–Crippen MR) is 76.2 cm³/mol. The molecule has 98 valence electrons. The van der Waals surface area contributed by atoms with Crippen molar-refractivity contribution in [2.45, 2.75) is 40.2 Å². The Hall–Kier alpha value is -0.870. The first-order valence-electron chi connectivity index (χ1n) is 5.82. The van der Waals surface area contributed by atoms with Gasteiger partial charge in [-0.1, -0.05) is 55.8 Å². The van der Waals surface area contributed by atoms with Crippen LogP contribution in [0, 0.1) is 0 Å². The number of hydrogen-bond donors (Lipinski definition) is 2. The Kier molecular flexibility index (Phi) is 12.6. The van der Waals surface area contributed by atoms with Crippen molar-refractivity contribution in [1.29, 1.82) is 0 Å². The standard InChI is InChI=1S/C9H10BrNO2.2C2H6/c10-7-3-1-2-6(4-7)5-8(11)9(12)13;2*1-2/h1-4,8H,5,11H2,(H,12,13);2*1-2H3. The molecular weight excluding hydrogens is 282 g/mol. The smallest absolute Gasteiger partial charge is 0.320 e. The molecule has 0 aliphatic heterocycles. The van der Waals surface area contributed by atoms with Crippen molar-refractivity contribution in [3.8, 4) is 0 Å². The highest BCUT2D eigenvalue weighted by molar-refractivity contribution is 9.10. The Morgan fingerprint density at radius 3 is 2.29 bits per heavy atom. The van der Waals surface area contributed by atoms with Gasteiger partial charge in [0.15, 0.2) is 0 Å². The van der Waals surface area contributed by atoms with Crippen molar-refractivity contribution >= 4 is 21.9 Å². The lowest BCUT2D eigenvalue weighted by Crippen LogP contribution is -2.32. The molecule has 4 heteroatoms. The molecule has 0 aromatic heterocycles. The largest absolute Gasteiger partial charge is 0.480 e. The lowest BCUT2D eigenvalue weighted by atomic mass is 10.1. The van der Waals surface area contributed by atoms with E-state index < -0.39 is 12.0 Å². The summed E-state index contributed by atoms with van der Waals surface area (Å²) < 4.78 is 0.933. The average molecular weight is 304 g/mol. The summed E-state index contributed by atoms with van der Waals surface area (Å²) in [7, 11) is 0. The molecular formula is C13H22BrNO2. The molecule has 0 saturated carbocycles. The van der Waals surface area contributed by atoms with Crippen molar-refractivity contribution in [2.75, 3.05) is 0 Å². The fourth-order valence-electron chi connectivity index (χ4n) is 1.01. The van der Waals surface area contributed by atoms with Crippen LogP contribution in [0.2, 0.25) is 0 Å². The molecule has 0 aliphatic carbocycles. The van der Waals surface area contributed by atoms with Crippen LogP contribution in [0.5, 0.6) is 0 Å². The highest BCUT2D eigenvalue weighted by atomic mass is 79.9. The van der Waals surface area contributed by atoms with E-state index in [-0.39, 0.29) is 0 Å². The first kappa shape index (κ1) is 18.5. The van der Waals surface area contributed by atoms with Gasteiger partial charge in [-0.05, 0) is 24.1 Å². The molecule has 1 unspecified atom stereocenters. The Morgan fingerprint density at radius 1 is 1.35 bits per heavy atom. The van der Waals surface area contributed by atoms with Gasteiger partial charge in [-0.15, -0.1) is 0 Å². The van der Waals surface area contributed by atoms with Crippen molar-refractivity contribution in [3.05, 3.63) is 34.3 Å². The Labute approximate surface area is 112 Å². The number of halogens is 1. The monoisotopic (exact) mass is 303 g/mol. The molecule has 1 rings (SSSR count). The zero-order chi connectivity index (χ0) is 13.8. The molecule has 3 nitrogen and oxygen atoms in total. The molecule has 0 saturated heterocycles. The van der Waals surface area contributed by atoms with E-state index in [2.05, 4.69) is 15.9 Å². The van der Waals surface area contributed by atoms with E-state index in [1.165, 1.54) is 0 Å². The van der Waals surface area contributed by atoms with Gasteiger partial charge >= 0.3 is 5.97 Å². The molecule has 1 aromatic rings. The van der Waals surface area contributed by atoms with Crippen LogP contribution in [0.3, 0.4) is 0 Å². The van der Waals surface area contributed by atoms with E-state index in [1.807, 2.05) is 52.0 Å². The van der Waals surface area contributed by atoms with Gasteiger partial charge in [0.05, 0.1) is 0 Å². The molecule has 0 bridgehead atoms. The zero-order valence-corrected chi connectivity index (χ0v) is 12.5. The number of hydrogen-bond acceptors (Lipinski definition) is 2. The first-order valence-corrected chi connectivity index (χ1v) is 6.61. The van der Waals surface area contributed by atoms with Crippen LogP contribution in [0.15, 0.2) is 28.7 Å². The fraction of sp³-hybridized carbons (Fsp3) is 0.462. The van der Waals surface area contributed by atoms with Crippen LogP contribution in [0.1, 0.15) is 33.3 Å². The molecule has 0 radical (unpaired) electrons. The predicted octanol–water partition coefficient (Wildman–Crippen LogP) is 3.46. The highest BCUT2D eigenvalue weighted by Crippen LogP contribution is 2.12. The van der Waals surface area contributed by atoms with E-state index >= 15 is 0 Å². The summed E-state index contributed by atoms with van der Waals surface area (Å²) >= 11 is 3.30. The zero-order valence-electron chi connectivity index (χ0n) is 10.9. The van der Waals surface area contributed by atoms with Gasteiger partial charge in [0, 0.05) is 4.47 Å².